The molecule has 3 rings (SSSR count). The van der Waals surface area contributed by atoms with E-state index in [-0.39, 0.29) is 18.1 Å². The molecule has 0 saturated heterocycles. The maximum atomic E-state index is 12.8. The molecule has 2 aromatic carbocycles. The number of nitrogens with one attached hydrogen (secondary N) is 1. The number of para-hydroxylation sites is 2. The summed E-state index contributed by atoms with van der Waals surface area (Å²) in [7, 11) is 0. The Hall–Kier alpha value is -3.38. The molecule has 0 aliphatic heterocycles. The molecule has 1 heterocycles. The first-order valence-electron chi connectivity index (χ1n) is 10.8. The van der Waals surface area contributed by atoms with E-state index in [1.807, 2.05) is 83.1 Å². The maximum Gasteiger partial charge on any atom is 0.257 e. The topological polar surface area (TPSA) is 69.7 Å². The molecule has 0 saturated carbocycles. The summed E-state index contributed by atoms with van der Waals surface area (Å²) < 4.78 is 17.4. The molecule has 168 valence electrons. The largest absolute Gasteiger partial charge is 0.487 e. The fourth-order valence-corrected chi connectivity index (χ4v) is 3.23. The quantitative estimate of drug-likeness (QED) is 0.427. The van der Waals surface area contributed by atoms with Crippen LogP contribution in [0.25, 0.3) is 0 Å². The van der Waals surface area contributed by atoms with Gasteiger partial charge in [0.25, 0.3) is 5.91 Å². The molecule has 6 nitrogen and oxygen atoms in total. The van der Waals surface area contributed by atoms with Crippen LogP contribution in [-0.2, 0) is 4.74 Å². The number of ether oxygens (including phenoxy) is 3. The number of hydrogen-bond donors (Lipinski definition) is 1. The predicted octanol–water partition coefficient (Wildman–Crippen LogP) is 6.32. The normalized spacial score (nSPS) is 11.8. The summed E-state index contributed by atoms with van der Waals surface area (Å²) in [5.74, 6) is 1.65. The Bertz CT molecular complexity index is 1070. The van der Waals surface area contributed by atoms with Gasteiger partial charge in [0.1, 0.15) is 5.75 Å². The van der Waals surface area contributed by atoms with Gasteiger partial charge in [-0.05, 0) is 71.0 Å². The lowest BCUT2D eigenvalue weighted by molar-refractivity contribution is 0.0732. The number of anilines is 1. The second-order valence-corrected chi connectivity index (χ2v) is 7.66. The first kappa shape index (κ1) is 23.3. The molecule has 0 spiro atoms. The van der Waals surface area contributed by atoms with Crippen LogP contribution in [0.1, 0.15) is 55.5 Å². The Morgan fingerprint density at radius 2 is 1.75 bits per heavy atom. The SMILES string of the molecule is CCOC(C)c1ccc(C(=O)Nc2cccc(Oc3ccccc3OC(C)C)c2)c(C)n1. The van der Waals surface area contributed by atoms with Gasteiger partial charge in [-0.1, -0.05) is 18.2 Å². The van der Waals surface area contributed by atoms with E-state index in [1.54, 1.807) is 12.1 Å². The summed E-state index contributed by atoms with van der Waals surface area (Å²) in [4.78, 5) is 17.4. The Labute approximate surface area is 189 Å². The van der Waals surface area contributed by atoms with Gasteiger partial charge in [0.05, 0.1) is 29.2 Å². The second-order valence-electron chi connectivity index (χ2n) is 7.66. The van der Waals surface area contributed by atoms with Gasteiger partial charge in [0.15, 0.2) is 11.5 Å². The van der Waals surface area contributed by atoms with Crippen LogP contribution in [0.3, 0.4) is 0 Å². The Kier molecular flexibility index (Phi) is 7.84. The van der Waals surface area contributed by atoms with Crippen LogP contribution in [0.2, 0.25) is 0 Å². The molecule has 32 heavy (non-hydrogen) atoms. The number of amides is 1. The lowest BCUT2D eigenvalue weighted by atomic mass is 10.1. The molecule has 0 aliphatic carbocycles. The van der Waals surface area contributed by atoms with Crippen molar-refractivity contribution >= 4 is 11.6 Å². The summed E-state index contributed by atoms with van der Waals surface area (Å²) in [6, 6.07) is 18.4. The van der Waals surface area contributed by atoms with E-state index in [0.29, 0.717) is 40.8 Å². The summed E-state index contributed by atoms with van der Waals surface area (Å²) >= 11 is 0. The first-order chi connectivity index (χ1) is 15.4. The highest BCUT2D eigenvalue weighted by molar-refractivity contribution is 6.05. The minimum absolute atomic E-state index is 0.0325. The summed E-state index contributed by atoms with van der Waals surface area (Å²) in [6.45, 7) is 10.3. The minimum Gasteiger partial charge on any atom is -0.487 e. The van der Waals surface area contributed by atoms with Gasteiger partial charge in [-0.25, -0.2) is 0 Å². The number of nitrogens with zero attached hydrogens (tertiary/aromatic N) is 1. The molecular weight excluding hydrogens is 404 g/mol. The second kappa shape index (κ2) is 10.8. The number of hydrogen-bond acceptors (Lipinski definition) is 5. The highest BCUT2D eigenvalue weighted by Gasteiger charge is 2.15. The van der Waals surface area contributed by atoms with Crippen LogP contribution >= 0.6 is 0 Å². The fourth-order valence-electron chi connectivity index (χ4n) is 3.23. The van der Waals surface area contributed by atoms with Crippen molar-refractivity contribution in [2.45, 2.75) is 46.8 Å². The van der Waals surface area contributed by atoms with Crippen molar-refractivity contribution in [3.63, 3.8) is 0 Å². The number of carbonyl (C=O) groups is 1. The average Bonchev–Trinajstić information content (AvgIpc) is 2.75. The molecule has 0 radical (unpaired) electrons. The Morgan fingerprint density at radius 3 is 2.44 bits per heavy atom. The molecule has 1 amide bonds. The van der Waals surface area contributed by atoms with Crippen LogP contribution in [0.5, 0.6) is 17.2 Å². The third-order valence-electron chi connectivity index (χ3n) is 4.72. The van der Waals surface area contributed by atoms with E-state index in [9.17, 15) is 4.79 Å². The van der Waals surface area contributed by atoms with Gasteiger partial charge in [0.2, 0.25) is 0 Å². The van der Waals surface area contributed by atoms with Gasteiger partial charge in [0, 0.05) is 18.4 Å². The number of benzene rings is 2. The van der Waals surface area contributed by atoms with Crippen molar-refractivity contribution in [2.24, 2.45) is 0 Å². The number of rotatable bonds is 9. The average molecular weight is 435 g/mol. The molecule has 6 heteroatoms. The van der Waals surface area contributed by atoms with E-state index in [4.69, 9.17) is 14.2 Å². The van der Waals surface area contributed by atoms with Crippen LogP contribution in [0.15, 0.2) is 60.7 Å². The lowest BCUT2D eigenvalue weighted by Crippen LogP contribution is -2.15. The Morgan fingerprint density at radius 1 is 1.00 bits per heavy atom. The minimum atomic E-state index is -0.230. The fraction of sp³-hybridized carbons (Fsp3) is 0.308. The van der Waals surface area contributed by atoms with Crippen LogP contribution < -0.4 is 14.8 Å². The van der Waals surface area contributed by atoms with E-state index in [1.165, 1.54) is 0 Å². The van der Waals surface area contributed by atoms with Gasteiger partial charge < -0.3 is 19.5 Å². The molecule has 0 bridgehead atoms. The van der Waals surface area contributed by atoms with E-state index in [2.05, 4.69) is 10.3 Å². The summed E-state index contributed by atoms with van der Waals surface area (Å²) in [5, 5.41) is 2.92. The van der Waals surface area contributed by atoms with Crippen molar-refractivity contribution in [2.75, 3.05) is 11.9 Å². The van der Waals surface area contributed by atoms with Crippen molar-refractivity contribution in [1.82, 2.24) is 4.98 Å². The molecule has 1 N–H and O–H groups in total. The van der Waals surface area contributed by atoms with Gasteiger partial charge in [-0.15, -0.1) is 0 Å². The smallest absolute Gasteiger partial charge is 0.257 e. The summed E-state index contributed by atoms with van der Waals surface area (Å²) in [6.07, 6.45) is -0.0858. The number of aromatic nitrogens is 1. The van der Waals surface area contributed by atoms with E-state index in [0.717, 1.165) is 5.69 Å². The van der Waals surface area contributed by atoms with Crippen LogP contribution in [0.4, 0.5) is 5.69 Å². The predicted molar refractivity (Wildman–Crippen MR) is 126 cm³/mol. The Balaban J connectivity index is 1.73. The number of aryl methyl sites for hydroxylation is 1. The third-order valence-corrected chi connectivity index (χ3v) is 4.72. The van der Waals surface area contributed by atoms with Crippen LogP contribution in [0, 0.1) is 6.92 Å². The molecule has 1 aromatic heterocycles. The molecule has 0 fully saturated rings. The maximum absolute atomic E-state index is 12.8. The van der Waals surface area contributed by atoms with Gasteiger partial charge in [-0.3, -0.25) is 9.78 Å². The highest BCUT2D eigenvalue weighted by Crippen LogP contribution is 2.33. The van der Waals surface area contributed by atoms with Crippen molar-refractivity contribution in [3.05, 3.63) is 77.6 Å². The molecule has 0 aliphatic rings. The molecule has 1 atom stereocenters. The first-order valence-corrected chi connectivity index (χ1v) is 10.8. The molecule has 3 aromatic rings. The number of pyridine rings is 1. The third kappa shape index (κ3) is 6.08. The zero-order valence-electron chi connectivity index (χ0n) is 19.2. The van der Waals surface area contributed by atoms with Crippen LogP contribution in [-0.4, -0.2) is 23.6 Å². The monoisotopic (exact) mass is 434 g/mol. The number of carbonyl (C=O) groups excluding carboxylic acids is 1. The highest BCUT2D eigenvalue weighted by atomic mass is 16.5. The zero-order valence-corrected chi connectivity index (χ0v) is 19.2. The lowest BCUT2D eigenvalue weighted by Gasteiger charge is -2.15. The van der Waals surface area contributed by atoms with E-state index >= 15 is 0 Å². The summed E-state index contributed by atoms with van der Waals surface area (Å²) in [5.41, 5.74) is 2.60. The van der Waals surface area contributed by atoms with Gasteiger partial charge in [-0.2, -0.15) is 0 Å². The van der Waals surface area contributed by atoms with Crippen molar-refractivity contribution in [3.8, 4) is 17.2 Å². The molecule has 1 unspecified atom stereocenters. The van der Waals surface area contributed by atoms with E-state index < -0.39 is 0 Å². The zero-order chi connectivity index (χ0) is 23.1. The van der Waals surface area contributed by atoms with Gasteiger partial charge >= 0.3 is 0 Å². The standard InChI is InChI=1S/C26H30N2O4/c1-6-30-19(5)23-15-14-22(18(4)27-23)26(29)28-20-10-9-11-21(16-20)32-25-13-8-7-12-24(25)31-17(2)3/h7-17,19H,6H2,1-5H3,(H,28,29). The van der Waals surface area contributed by atoms with Crippen molar-refractivity contribution < 1.29 is 19.0 Å². The molecular formula is C26H30N2O4. The van der Waals surface area contributed by atoms with Crippen molar-refractivity contribution in [1.29, 1.82) is 0 Å².